The van der Waals surface area contributed by atoms with Gasteiger partial charge in [-0.1, -0.05) is 6.07 Å². The normalized spacial score (nSPS) is 16.3. The molecule has 2 heterocycles. The van der Waals surface area contributed by atoms with Crippen molar-refractivity contribution in [2.45, 2.75) is 26.1 Å². The largest absolute Gasteiger partial charge is 0.360 e. The molecular weight excluding hydrogens is 243 g/mol. The van der Waals surface area contributed by atoms with Gasteiger partial charge in [0, 0.05) is 31.5 Å². The van der Waals surface area contributed by atoms with Crippen LogP contribution in [-0.4, -0.2) is 16.1 Å². The van der Waals surface area contributed by atoms with E-state index in [1.54, 1.807) is 6.20 Å². The van der Waals surface area contributed by atoms with E-state index < -0.39 is 0 Å². The average molecular weight is 260 g/mol. The molecule has 0 radical (unpaired) electrons. The van der Waals surface area contributed by atoms with Gasteiger partial charge in [0.05, 0.1) is 12.2 Å². The minimum Gasteiger partial charge on any atom is -0.360 e. The standard InChI is InChI=1S/C14H17FN4/c1-10(16)11-2-3-13(12(15)8-11)19-7-6-18-5-4-17-14(18)9-19/h2-5,8,10H,6-7,9,16H2,1H3/t10-/m1/s1. The number of hydrogen-bond acceptors (Lipinski definition) is 3. The van der Waals surface area contributed by atoms with Crippen LogP contribution in [-0.2, 0) is 13.1 Å². The lowest BCUT2D eigenvalue weighted by atomic mass is 10.1. The Hall–Kier alpha value is -1.88. The van der Waals surface area contributed by atoms with Crippen molar-refractivity contribution in [2.75, 3.05) is 11.4 Å². The molecule has 1 aliphatic rings. The Morgan fingerprint density at radius 3 is 2.95 bits per heavy atom. The van der Waals surface area contributed by atoms with Gasteiger partial charge in [0.15, 0.2) is 0 Å². The first-order valence-electron chi connectivity index (χ1n) is 6.45. The van der Waals surface area contributed by atoms with Crippen LogP contribution in [0.15, 0.2) is 30.6 Å². The van der Waals surface area contributed by atoms with Gasteiger partial charge in [0.1, 0.15) is 11.6 Å². The summed E-state index contributed by atoms with van der Waals surface area (Å²) in [4.78, 5) is 6.30. The Bertz CT molecular complexity index is 591. The summed E-state index contributed by atoms with van der Waals surface area (Å²) < 4.78 is 16.3. The van der Waals surface area contributed by atoms with Crippen molar-refractivity contribution in [2.24, 2.45) is 5.73 Å². The monoisotopic (exact) mass is 260 g/mol. The molecule has 0 saturated carbocycles. The van der Waals surface area contributed by atoms with Gasteiger partial charge in [-0.25, -0.2) is 9.37 Å². The summed E-state index contributed by atoms with van der Waals surface area (Å²) in [5, 5.41) is 0. The number of benzene rings is 1. The van der Waals surface area contributed by atoms with Crippen molar-refractivity contribution >= 4 is 5.69 Å². The third kappa shape index (κ3) is 2.21. The topological polar surface area (TPSA) is 47.1 Å². The van der Waals surface area contributed by atoms with Gasteiger partial charge in [0.25, 0.3) is 0 Å². The second-order valence-corrected chi connectivity index (χ2v) is 4.96. The molecule has 100 valence electrons. The Kier molecular flexibility index (Phi) is 2.98. The minimum atomic E-state index is -0.213. The molecule has 4 nitrogen and oxygen atoms in total. The zero-order chi connectivity index (χ0) is 13.4. The third-order valence-electron chi connectivity index (χ3n) is 3.58. The molecule has 0 amide bonds. The first-order chi connectivity index (χ1) is 9.15. The number of hydrogen-bond donors (Lipinski definition) is 1. The molecule has 1 aromatic carbocycles. The van der Waals surface area contributed by atoms with Crippen molar-refractivity contribution in [1.82, 2.24) is 9.55 Å². The number of nitrogens with zero attached hydrogens (tertiary/aromatic N) is 3. The van der Waals surface area contributed by atoms with Crippen LogP contribution in [0.5, 0.6) is 0 Å². The lowest BCUT2D eigenvalue weighted by Gasteiger charge is -2.30. The maximum absolute atomic E-state index is 14.2. The molecule has 0 aliphatic carbocycles. The minimum absolute atomic E-state index is 0.149. The molecule has 19 heavy (non-hydrogen) atoms. The molecule has 0 unspecified atom stereocenters. The first kappa shape index (κ1) is 12.2. The van der Waals surface area contributed by atoms with Crippen molar-refractivity contribution in [3.63, 3.8) is 0 Å². The molecule has 0 bridgehead atoms. The highest BCUT2D eigenvalue weighted by Gasteiger charge is 2.19. The fourth-order valence-corrected chi connectivity index (χ4v) is 2.44. The summed E-state index contributed by atoms with van der Waals surface area (Å²) in [5.74, 6) is 0.761. The van der Waals surface area contributed by atoms with Crippen molar-refractivity contribution in [3.8, 4) is 0 Å². The molecule has 0 fully saturated rings. The number of nitrogens with two attached hydrogens (primary N) is 1. The van der Waals surface area contributed by atoms with E-state index in [2.05, 4.69) is 9.55 Å². The zero-order valence-corrected chi connectivity index (χ0v) is 10.9. The van der Waals surface area contributed by atoms with Crippen molar-refractivity contribution in [3.05, 3.63) is 47.8 Å². The maximum atomic E-state index is 14.2. The van der Waals surface area contributed by atoms with E-state index in [9.17, 15) is 4.39 Å². The van der Waals surface area contributed by atoms with Gasteiger partial charge in [-0.05, 0) is 24.6 Å². The second-order valence-electron chi connectivity index (χ2n) is 4.96. The fourth-order valence-electron chi connectivity index (χ4n) is 2.44. The predicted molar refractivity (Wildman–Crippen MR) is 72.3 cm³/mol. The lowest BCUT2D eigenvalue weighted by molar-refractivity contribution is 0.543. The highest BCUT2D eigenvalue weighted by Crippen LogP contribution is 2.25. The summed E-state index contributed by atoms with van der Waals surface area (Å²) >= 11 is 0. The summed E-state index contributed by atoms with van der Waals surface area (Å²) in [6.07, 6.45) is 3.75. The van der Waals surface area contributed by atoms with Crippen LogP contribution >= 0.6 is 0 Å². The highest BCUT2D eigenvalue weighted by molar-refractivity contribution is 5.50. The second kappa shape index (κ2) is 4.66. The van der Waals surface area contributed by atoms with E-state index in [4.69, 9.17) is 5.73 Å². The number of anilines is 1. The molecule has 3 rings (SSSR count). The van der Waals surface area contributed by atoms with Crippen LogP contribution in [0.1, 0.15) is 24.4 Å². The van der Waals surface area contributed by atoms with Gasteiger partial charge in [-0.2, -0.15) is 0 Å². The van der Waals surface area contributed by atoms with E-state index in [0.717, 1.165) is 24.5 Å². The Morgan fingerprint density at radius 2 is 2.21 bits per heavy atom. The van der Waals surface area contributed by atoms with Crippen LogP contribution in [0.3, 0.4) is 0 Å². The van der Waals surface area contributed by atoms with Gasteiger partial charge in [-0.15, -0.1) is 0 Å². The first-order valence-corrected chi connectivity index (χ1v) is 6.45. The van der Waals surface area contributed by atoms with E-state index >= 15 is 0 Å². The van der Waals surface area contributed by atoms with E-state index in [1.807, 2.05) is 30.2 Å². The summed E-state index contributed by atoms with van der Waals surface area (Å²) in [6, 6.07) is 5.08. The van der Waals surface area contributed by atoms with Gasteiger partial charge in [-0.3, -0.25) is 0 Å². The number of aromatic nitrogens is 2. The molecule has 5 heteroatoms. The van der Waals surface area contributed by atoms with E-state index in [0.29, 0.717) is 12.2 Å². The van der Waals surface area contributed by atoms with Crippen molar-refractivity contribution < 1.29 is 4.39 Å². The zero-order valence-electron chi connectivity index (χ0n) is 10.9. The van der Waals surface area contributed by atoms with Crippen LogP contribution in [0.4, 0.5) is 10.1 Å². The highest BCUT2D eigenvalue weighted by atomic mass is 19.1. The van der Waals surface area contributed by atoms with Gasteiger partial charge < -0.3 is 15.2 Å². The molecule has 1 atom stereocenters. The molecule has 0 spiro atoms. The lowest BCUT2D eigenvalue weighted by Crippen LogP contribution is -2.34. The van der Waals surface area contributed by atoms with Crippen molar-refractivity contribution in [1.29, 1.82) is 0 Å². The van der Waals surface area contributed by atoms with Gasteiger partial charge in [0.2, 0.25) is 0 Å². The quantitative estimate of drug-likeness (QED) is 0.899. The Balaban J connectivity index is 1.88. The molecule has 1 aromatic heterocycles. The number of halogens is 1. The molecule has 2 N–H and O–H groups in total. The van der Waals surface area contributed by atoms with Crippen LogP contribution in [0.2, 0.25) is 0 Å². The van der Waals surface area contributed by atoms with Crippen LogP contribution in [0.25, 0.3) is 0 Å². The van der Waals surface area contributed by atoms with Gasteiger partial charge >= 0.3 is 0 Å². The van der Waals surface area contributed by atoms with E-state index in [-0.39, 0.29) is 11.9 Å². The summed E-state index contributed by atoms with van der Waals surface area (Å²) in [6.45, 7) is 4.12. The fraction of sp³-hybridized carbons (Fsp3) is 0.357. The maximum Gasteiger partial charge on any atom is 0.146 e. The number of rotatable bonds is 2. The van der Waals surface area contributed by atoms with Crippen LogP contribution in [0, 0.1) is 5.82 Å². The molecular formula is C14H17FN4. The smallest absolute Gasteiger partial charge is 0.146 e. The average Bonchev–Trinajstić information content (AvgIpc) is 2.85. The summed E-state index contributed by atoms with van der Waals surface area (Å²) in [7, 11) is 0. The van der Waals surface area contributed by atoms with E-state index in [1.165, 1.54) is 6.07 Å². The molecule has 0 saturated heterocycles. The molecule has 2 aromatic rings. The number of imidazole rings is 1. The predicted octanol–water partition coefficient (Wildman–Crippen LogP) is 2.06. The number of fused-ring (bicyclic) bond motifs is 1. The summed E-state index contributed by atoms with van der Waals surface area (Å²) in [5.41, 5.74) is 7.21. The third-order valence-corrected chi connectivity index (χ3v) is 3.58. The Labute approximate surface area is 111 Å². The Morgan fingerprint density at radius 1 is 1.37 bits per heavy atom. The molecule has 1 aliphatic heterocycles. The van der Waals surface area contributed by atoms with Crippen LogP contribution < -0.4 is 10.6 Å². The SMILES string of the molecule is C[C@@H](N)c1ccc(N2CCn3ccnc3C2)c(F)c1.